The molecule has 1 heterocycles. The highest BCUT2D eigenvalue weighted by molar-refractivity contribution is 7.80. The van der Waals surface area contributed by atoms with Crippen LogP contribution in [0.3, 0.4) is 0 Å². The van der Waals surface area contributed by atoms with Crippen molar-refractivity contribution in [3.05, 3.63) is 53.1 Å². The van der Waals surface area contributed by atoms with Crippen molar-refractivity contribution >= 4 is 23.0 Å². The summed E-state index contributed by atoms with van der Waals surface area (Å²) in [6.45, 7) is 1.11. The molecule has 0 amide bonds. The Labute approximate surface area is 202 Å². The van der Waals surface area contributed by atoms with Crippen LogP contribution in [0.25, 0.3) is 0 Å². The fraction of sp³-hybridized carbons (Fsp3) is 0.519. The number of aryl methyl sites for hydroxylation is 2. The number of thiocarbonyl (C=S) groups is 1. The molecule has 2 aromatic carbocycles. The third-order valence-electron chi connectivity index (χ3n) is 8.18. The molecule has 0 bridgehead atoms. The lowest BCUT2D eigenvalue weighted by Gasteiger charge is -2.45. The van der Waals surface area contributed by atoms with Gasteiger partial charge < -0.3 is 25.0 Å². The molecule has 5 nitrogen and oxygen atoms in total. The molecule has 2 fully saturated rings. The molecule has 6 heteroatoms. The first-order valence-corrected chi connectivity index (χ1v) is 12.6. The van der Waals surface area contributed by atoms with Gasteiger partial charge in [0.25, 0.3) is 0 Å². The Kier molecular flexibility index (Phi) is 6.23. The van der Waals surface area contributed by atoms with Gasteiger partial charge in [0.15, 0.2) is 16.6 Å². The van der Waals surface area contributed by atoms with Crippen LogP contribution in [0.5, 0.6) is 11.5 Å². The minimum Gasteiger partial charge on any atom is -0.493 e. The van der Waals surface area contributed by atoms with E-state index in [0.717, 1.165) is 48.1 Å². The SMILES string of the molecule is COc1ccc([C@@]23CC[C@@H](NC(=S)Nc4ccc5c(c4)CCC5)C[C@@H]2N(C)CC3)cc1OC. The summed E-state index contributed by atoms with van der Waals surface area (Å²) in [6.07, 6.45) is 8.14. The van der Waals surface area contributed by atoms with Crippen molar-refractivity contribution in [2.75, 3.05) is 33.1 Å². The van der Waals surface area contributed by atoms with Crippen molar-refractivity contribution < 1.29 is 9.47 Å². The molecule has 3 aliphatic rings. The van der Waals surface area contributed by atoms with Crippen LogP contribution in [0, 0.1) is 0 Å². The molecule has 0 spiro atoms. The first-order valence-electron chi connectivity index (χ1n) is 12.1. The van der Waals surface area contributed by atoms with Crippen molar-refractivity contribution in [2.24, 2.45) is 0 Å². The van der Waals surface area contributed by atoms with Crippen molar-refractivity contribution in [1.82, 2.24) is 10.2 Å². The zero-order valence-corrected chi connectivity index (χ0v) is 20.8. The van der Waals surface area contributed by atoms with Crippen molar-refractivity contribution in [2.45, 2.75) is 62.4 Å². The van der Waals surface area contributed by atoms with Crippen LogP contribution in [-0.4, -0.2) is 49.9 Å². The average Bonchev–Trinajstić information content (AvgIpc) is 3.43. The van der Waals surface area contributed by atoms with E-state index in [-0.39, 0.29) is 5.41 Å². The fourth-order valence-corrected chi connectivity index (χ4v) is 6.68. The Hall–Kier alpha value is -2.31. The van der Waals surface area contributed by atoms with Crippen LogP contribution in [0.4, 0.5) is 5.69 Å². The Morgan fingerprint density at radius 3 is 2.67 bits per heavy atom. The van der Waals surface area contributed by atoms with E-state index in [1.165, 1.54) is 42.4 Å². The lowest BCUT2D eigenvalue weighted by atomic mass is 9.65. The van der Waals surface area contributed by atoms with Crippen LogP contribution in [-0.2, 0) is 18.3 Å². The summed E-state index contributed by atoms with van der Waals surface area (Å²) in [5, 5.41) is 7.80. The number of benzene rings is 2. The molecule has 1 saturated carbocycles. The molecule has 176 valence electrons. The van der Waals surface area contributed by atoms with E-state index >= 15 is 0 Å². The number of fused-ring (bicyclic) bond motifs is 2. The second kappa shape index (κ2) is 9.15. The first kappa shape index (κ1) is 22.5. The Morgan fingerprint density at radius 2 is 1.85 bits per heavy atom. The van der Waals surface area contributed by atoms with Gasteiger partial charge in [-0.25, -0.2) is 0 Å². The maximum atomic E-state index is 5.71. The maximum absolute atomic E-state index is 5.71. The van der Waals surface area contributed by atoms with Crippen molar-refractivity contribution in [3.8, 4) is 11.5 Å². The molecule has 0 aromatic heterocycles. The smallest absolute Gasteiger partial charge is 0.170 e. The standard InChI is InChI=1S/C27H35N3O2S/c1-30-14-13-27(20-8-10-23(31-2)24(16-20)32-3)12-11-22(17-25(27)30)29-26(33)28-21-9-7-18-5-4-6-19(18)15-21/h7-10,15-16,22,25H,4-6,11-14,17H2,1-3H3,(H2,28,29,33)/t22-,25+,27+/m1/s1. The molecule has 5 rings (SSSR count). The Morgan fingerprint density at radius 1 is 1.03 bits per heavy atom. The van der Waals surface area contributed by atoms with E-state index in [9.17, 15) is 0 Å². The minimum absolute atomic E-state index is 0.154. The number of methoxy groups -OCH3 is 2. The maximum Gasteiger partial charge on any atom is 0.170 e. The minimum atomic E-state index is 0.154. The van der Waals surface area contributed by atoms with E-state index in [0.29, 0.717) is 12.1 Å². The van der Waals surface area contributed by atoms with Crippen molar-refractivity contribution in [1.29, 1.82) is 0 Å². The van der Waals surface area contributed by atoms with Crippen LogP contribution >= 0.6 is 12.2 Å². The lowest BCUT2D eigenvalue weighted by Crippen LogP contribution is -2.52. The summed E-state index contributed by atoms with van der Waals surface area (Å²) in [4.78, 5) is 2.53. The topological polar surface area (TPSA) is 45.8 Å². The molecule has 1 saturated heterocycles. The number of hydrogen-bond donors (Lipinski definition) is 2. The van der Waals surface area contributed by atoms with E-state index in [1.807, 2.05) is 0 Å². The van der Waals surface area contributed by atoms with Gasteiger partial charge >= 0.3 is 0 Å². The summed E-state index contributed by atoms with van der Waals surface area (Å²) < 4.78 is 11.1. The van der Waals surface area contributed by atoms with E-state index in [4.69, 9.17) is 21.7 Å². The summed E-state index contributed by atoms with van der Waals surface area (Å²) in [6, 6.07) is 14.0. The van der Waals surface area contributed by atoms with Gasteiger partial charge in [0.05, 0.1) is 14.2 Å². The zero-order chi connectivity index (χ0) is 23.0. The number of nitrogens with zero attached hydrogens (tertiary/aromatic N) is 1. The number of ether oxygens (including phenoxy) is 2. The molecule has 0 unspecified atom stereocenters. The largest absolute Gasteiger partial charge is 0.493 e. The van der Waals surface area contributed by atoms with Gasteiger partial charge in [-0.15, -0.1) is 0 Å². The lowest BCUT2D eigenvalue weighted by molar-refractivity contribution is 0.161. The molecule has 2 aliphatic carbocycles. The highest BCUT2D eigenvalue weighted by Gasteiger charge is 2.50. The molecule has 1 aliphatic heterocycles. The molecule has 2 N–H and O–H groups in total. The zero-order valence-electron chi connectivity index (χ0n) is 19.9. The predicted octanol–water partition coefficient (Wildman–Crippen LogP) is 4.67. The third kappa shape index (κ3) is 4.19. The van der Waals surface area contributed by atoms with Gasteiger partial charge in [-0.1, -0.05) is 12.1 Å². The van der Waals surface area contributed by atoms with E-state index < -0.39 is 0 Å². The second-order valence-electron chi connectivity index (χ2n) is 9.88. The number of anilines is 1. The molecular weight excluding hydrogens is 430 g/mol. The summed E-state index contributed by atoms with van der Waals surface area (Å²) in [5.74, 6) is 1.61. The van der Waals surface area contributed by atoms with Gasteiger partial charge in [-0.2, -0.15) is 0 Å². The third-order valence-corrected chi connectivity index (χ3v) is 8.40. The second-order valence-corrected chi connectivity index (χ2v) is 10.3. The van der Waals surface area contributed by atoms with E-state index in [2.05, 4.69) is 59.0 Å². The quantitative estimate of drug-likeness (QED) is 0.626. The monoisotopic (exact) mass is 465 g/mol. The van der Waals surface area contributed by atoms with Gasteiger partial charge in [0.2, 0.25) is 0 Å². The van der Waals surface area contributed by atoms with Crippen LogP contribution in [0.1, 0.15) is 48.8 Å². The summed E-state index contributed by atoms with van der Waals surface area (Å²) in [7, 11) is 5.67. The Balaban J connectivity index is 1.28. The number of nitrogens with one attached hydrogen (secondary N) is 2. The van der Waals surface area contributed by atoms with Gasteiger partial charge in [0, 0.05) is 23.2 Å². The van der Waals surface area contributed by atoms with Crippen LogP contribution in [0.2, 0.25) is 0 Å². The molecule has 3 atom stereocenters. The molecule has 33 heavy (non-hydrogen) atoms. The van der Waals surface area contributed by atoms with E-state index in [1.54, 1.807) is 14.2 Å². The summed E-state index contributed by atoms with van der Waals surface area (Å²) >= 11 is 5.71. The van der Waals surface area contributed by atoms with Crippen LogP contribution < -0.4 is 20.1 Å². The van der Waals surface area contributed by atoms with Crippen molar-refractivity contribution in [3.63, 3.8) is 0 Å². The average molecular weight is 466 g/mol. The Bertz CT molecular complexity index is 1040. The number of likely N-dealkylation sites (N-methyl/N-ethyl adjacent to an activating group) is 1. The number of likely N-dealkylation sites (tertiary alicyclic amines) is 1. The number of rotatable bonds is 5. The number of hydrogen-bond acceptors (Lipinski definition) is 4. The van der Waals surface area contributed by atoms with Crippen LogP contribution in [0.15, 0.2) is 36.4 Å². The fourth-order valence-electron chi connectivity index (χ4n) is 6.40. The molecule has 0 radical (unpaired) electrons. The van der Waals surface area contributed by atoms with Gasteiger partial charge in [0.1, 0.15) is 0 Å². The van der Waals surface area contributed by atoms with Gasteiger partial charge in [-0.05, 0) is 112 Å². The highest BCUT2D eigenvalue weighted by Crippen LogP contribution is 2.49. The predicted molar refractivity (Wildman–Crippen MR) is 138 cm³/mol. The highest BCUT2D eigenvalue weighted by atomic mass is 32.1. The molecular formula is C27H35N3O2S. The first-order chi connectivity index (χ1) is 16.0. The molecule has 2 aromatic rings. The van der Waals surface area contributed by atoms with Gasteiger partial charge in [-0.3, -0.25) is 0 Å². The summed E-state index contributed by atoms with van der Waals surface area (Å²) in [5.41, 5.74) is 5.57. The normalized spacial score (nSPS) is 26.4.